The molecular weight excluding hydrogens is 378 g/mol. The third-order valence-electron chi connectivity index (χ3n) is 5.66. The molecule has 156 valence electrons. The number of carbonyl (C=O) groups excluding carboxylic acids is 1. The van der Waals surface area contributed by atoms with E-state index in [9.17, 15) is 4.79 Å². The molecule has 0 atom stereocenters. The first kappa shape index (κ1) is 20.1. The first-order valence-corrected chi connectivity index (χ1v) is 10.3. The minimum absolute atomic E-state index is 0.171. The number of carbonyl (C=O) groups is 1. The summed E-state index contributed by atoms with van der Waals surface area (Å²) < 4.78 is 5.29. The molecule has 0 saturated carbocycles. The molecule has 1 N–H and O–H groups in total. The van der Waals surface area contributed by atoms with Gasteiger partial charge in [0.05, 0.1) is 33.3 Å². The molecule has 0 unspecified atom stereocenters. The van der Waals surface area contributed by atoms with E-state index in [1.165, 1.54) is 4.90 Å². The number of amides is 1. The molecule has 0 bridgehead atoms. The highest BCUT2D eigenvalue weighted by molar-refractivity contribution is 5.84. The lowest BCUT2D eigenvalue weighted by atomic mass is 10.1. The van der Waals surface area contributed by atoms with Crippen LogP contribution in [0.3, 0.4) is 0 Å². The highest BCUT2D eigenvalue weighted by Gasteiger charge is 2.24. The van der Waals surface area contributed by atoms with Crippen molar-refractivity contribution >= 4 is 22.6 Å². The van der Waals surface area contributed by atoms with Crippen LogP contribution in [0, 0.1) is 0 Å². The molecule has 7 nitrogen and oxygen atoms in total. The molecule has 1 amide bonds. The molecule has 1 aliphatic heterocycles. The zero-order valence-electron chi connectivity index (χ0n) is 17.5. The summed E-state index contributed by atoms with van der Waals surface area (Å²) in [6, 6.07) is 14.2. The molecule has 0 aliphatic carbocycles. The molecule has 1 fully saturated rings. The number of fused-ring (bicyclic) bond motifs is 1. The van der Waals surface area contributed by atoms with Crippen LogP contribution in [0.25, 0.3) is 10.8 Å². The second kappa shape index (κ2) is 9.09. The number of likely N-dealkylation sites (N-methyl/N-ethyl adjacent to an activating group) is 1. The minimum Gasteiger partial charge on any atom is -0.497 e. The molecule has 7 heteroatoms. The second-order valence-electron chi connectivity index (χ2n) is 7.76. The molecule has 4 rings (SSSR count). The molecule has 3 aromatic rings. The Bertz CT molecular complexity index is 1000. The minimum atomic E-state index is 0.171. The van der Waals surface area contributed by atoms with Gasteiger partial charge < -0.3 is 19.4 Å². The van der Waals surface area contributed by atoms with E-state index in [1.54, 1.807) is 19.5 Å². The van der Waals surface area contributed by atoms with Gasteiger partial charge in [-0.05, 0) is 40.6 Å². The lowest BCUT2D eigenvalue weighted by molar-refractivity contribution is -0.892. The average Bonchev–Trinajstić information content (AvgIpc) is 2.79. The summed E-state index contributed by atoms with van der Waals surface area (Å²) in [6.07, 6.45) is 3.53. The number of benzene rings is 2. The number of ether oxygens (including phenoxy) is 1. The topological polar surface area (TPSA) is 63.0 Å². The summed E-state index contributed by atoms with van der Waals surface area (Å²) in [4.78, 5) is 26.7. The van der Waals surface area contributed by atoms with Crippen molar-refractivity contribution in [2.24, 2.45) is 0 Å². The van der Waals surface area contributed by atoms with Crippen LogP contribution < -0.4 is 14.5 Å². The van der Waals surface area contributed by atoms with Crippen LogP contribution >= 0.6 is 0 Å². The van der Waals surface area contributed by atoms with Crippen molar-refractivity contribution in [3.63, 3.8) is 0 Å². The third kappa shape index (κ3) is 4.68. The summed E-state index contributed by atoms with van der Waals surface area (Å²) >= 11 is 0. The predicted octanol–water partition coefficient (Wildman–Crippen LogP) is 1.00. The standard InChI is InChI=1S/C23H27N5O2/c1-26(16-18-4-5-20-15-21(30-2)7-6-19(20)14-18)22(29)17-27-10-12-28(13-11-27)23-24-8-3-9-25-23/h3-9,14-15H,10-13,16-17H2,1-2H3/p+1. The number of quaternary nitrogens is 1. The van der Waals surface area contributed by atoms with Gasteiger partial charge in [-0.15, -0.1) is 0 Å². The lowest BCUT2D eigenvalue weighted by Crippen LogP contribution is -3.15. The fourth-order valence-corrected chi connectivity index (χ4v) is 3.86. The summed E-state index contributed by atoms with van der Waals surface area (Å²) in [6.45, 7) is 4.68. The Morgan fingerprint density at radius 3 is 2.53 bits per heavy atom. The predicted molar refractivity (Wildman–Crippen MR) is 117 cm³/mol. The highest BCUT2D eigenvalue weighted by atomic mass is 16.5. The Kier molecular flexibility index (Phi) is 6.09. The highest BCUT2D eigenvalue weighted by Crippen LogP contribution is 2.22. The summed E-state index contributed by atoms with van der Waals surface area (Å²) in [5.74, 6) is 1.79. The molecule has 0 radical (unpaired) electrons. The first-order chi connectivity index (χ1) is 14.6. The number of rotatable bonds is 6. The van der Waals surface area contributed by atoms with E-state index in [2.05, 4.69) is 39.1 Å². The van der Waals surface area contributed by atoms with Crippen molar-refractivity contribution < 1.29 is 14.4 Å². The lowest BCUT2D eigenvalue weighted by Gasteiger charge is -2.32. The van der Waals surface area contributed by atoms with E-state index in [-0.39, 0.29) is 5.91 Å². The SMILES string of the molecule is COc1ccc2cc(CN(C)C(=O)C[NH+]3CCN(c4ncccn4)CC3)ccc2c1. The average molecular weight is 407 g/mol. The first-order valence-electron chi connectivity index (χ1n) is 10.3. The molecule has 0 spiro atoms. The fourth-order valence-electron chi connectivity index (χ4n) is 3.86. The van der Waals surface area contributed by atoms with Crippen LogP contribution in [0.5, 0.6) is 5.75 Å². The van der Waals surface area contributed by atoms with Crippen molar-refractivity contribution in [2.75, 3.05) is 51.8 Å². The number of hydrogen-bond acceptors (Lipinski definition) is 5. The van der Waals surface area contributed by atoms with Gasteiger partial charge in [-0.2, -0.15) is 0 Å². The molecule has 1 aliphatic rings. The van der Waals surface area contributed by atoms with Gasteiger partial charge in [0, 0.05) is 26.0 Å². The van der Waals surface area contributed by atoms with Gasteiger partial charge in [-0.1, -0.05) is 18.2 Å². The zero-order chi connectivity index (χ0) is 20.9. The number of hydrogen-bond donors (Lipinski definition) is 1. The van der Waals surface area contributed by atoms with Crippen LogP contribution in [0.2, 0.25) is 0 Å². The van der Waals surface area contributed by atoms with Gasteiger partial charge in [0.25, 0.3) is 5.91 Å². The summed E-state index contributed by atoms with van der Waals surface area (Å²) in [5.41, 5.74) is 1.13. The van der Waals surface area contributed by atoms with Crippen molar-refractivity contribution in [3.05, 3.63) is 60.4 Å². The Morgan fingerprint density at radius 2 is 1.80 bits per heavy atom. The third-order valence-corrected chi connectivity index (χ3v) is 5.66. The van der Waals surface area contributed by atoms with Gasteiger partial charge in [0.15, 0.2) is 6.54 Å². The van der Waals surface area contributed by atoms with E-state index >= 15 is 0 Å². The van der Waals surface area contributed by atoms with Crippen molar-refractivity contribution in [1.82, 2.24) is 14.9 Å². The van der Waals surface area contributed by atoms with Crippen LogP contribution in [-0.4, -0.2) is 67.7 Å². The van der Waals surface area contributed by atoms with E-state index in [1.807, 2.05) is 30.1 Å². The van der Waals surface area contributed by atoms with Gasteiger partial charge in [0.2, 0.25) is 5.95 Å². The molecule has 1 saturated heterocycles. The smallest absolute Gasteiger partial charge is 0.277 e. The maximum Gasteiger partial charge on any atom is 0.277 e. The van der Waals surface area contributed by atoms with Gasteiger partial charge in [0.1, 0.15) is 5.75 Å². The number of nitrogens with one attached hydrogen (secondary N) is 1. The van der Waals surface area contributed by atoms with Crippen molar-refractivity contribution in [3.8, 4) is 5.75 Å². The number of methoxy groups -OCH3 is 1. The molecule has 2 aromatic carbocycles. The van der Waals surface area contributed by atoms with E-state index in [4.69, 9.17) is 4.74 Å². The Hall–Kier alpha value is -3.19. The Balaban J connectivity index is 1.30. The largest absolute Gasteiger partial charge is 0.497 e. The van der Waals surface area contributed by atoms with E-state index in [0.29, 0.717) is 13.1 Å². The molecular formula is C23H28N5O2+. The van der Waals surface area contributed by atoms with Crippen molar-refractivity contribution in [2.45, 2.75) is 6.54 Å². The molecule has 2 heterocycles. The maximum atomic E-state index is 12.8. The van der Waals surface area contributed by atoms with Crippen LogP contribution in [0.1, 0.15) is 5.56 Å². The van der Waals surface area contributed by atoms with Crippen molar-refractivity contribution in [1.29, 1.82) is 0 Å². The number of aromatic nitrogens is 2. The second-order valence-corrected chi connectivity index (χ2v) is 7.76. The zero-order valence-corrected chi connectivity index (χ0v) is 17.5. The van der Waals surface area contributed by atoms with Gasteiger partial charge in [-0.3, -0.25) is 4.79 Å². The Morgan fingerprint density at radius 1 is 1.10 bits per heavy atom. The summed E-state index contributed by atoms with van der Waals surface area (Å²) in [7, 11) is 3.56. The number of anilines is 1. The number of piperazine rings is 1. The normalized spacial score (nSPS) is 14.7. The maximum absolute atomic E-state index is 12.8. The van der Waals surface area contributed by atoms with E-state index in [0.717, 1.165) is 54.2 Å². The van der Waals surface area contributed by atoms with Gasteiger partial charge in [-0.25, -0.2) is 9.97 Å². The Labute approximate surface area is 176 Å². The molecule has 30 heavy (non-hydrogen) atoms. The van der Waals surface area contributed by atoms with Crippen LogP contribution in [0.4, 0.5) is 5.95 Å². The number of nitrogens with zero attached hydrogens (tertiary/aromatic N) is 4. The quantitative estimate of drug-likeness (QED) is 0.662. The van der Waals surface area contributed by atoms with Crippen LogP contribution in [0.15, 0.2) is 54.9 Å². The van der Waals surface area contributed by atoms with Crippen LogP contribution in [-0.2, 0) is 11.3 Å². The summed E-state index contributed by atoms with van der Waals surface area (Å²) in [5, 5.41) is 2.29. The fraction of sp³-hybridized carbons (Fsp3) is 0.348. The monoisotopic (exact) mass is 406 g/mol. The van der Waals surface area contributed by atoms with E-state index < -0.39 is 0 Å². The van der Waals surface area contributed by atoms with Gasteiger partial charge >= 0.3 is 0 Å². The molecule has 1 aromatic heterocycles.